The Hall–Kier alpha value is -3.22. The van der Waals surface area contributed by atoms with E-state index in [1.165, 1.54) is 0 Å². The molecular weight excluding hydrogens is 312 g/mol. The maximum Gasteiger partial charge on any atom is 0.255 e. The number of aromatic nitrogens is 1. The van der Waals surface area contributed by atoms with Crippen LogP contribution in [0.4, 0.5) is 0 Å². The van der Waals surface area contributed by atoms with E-state index in [1.54, 1.807) is 31.4 Å². The first-order chi connectivity index (χ1) is 11.7. The Morgan fingerprint density at radius 1 is 1.12 bits per heavy atom. The molecule has 0 spiro atoms. The number of fused-ring (bicyclic) bond motifs is 1. The number of rotatable bonds is 7. The Morgan fingerprint density at radius 2 is 1.92 bits per heavy atom. The van der Waals surface area contributed by atoms with E-state index in [1.807, 2.05) is 18.2 Å². The van der Waals surface area contributed by atoms with Gasteiger partial charge in [-0.2, -0.15) is 0 Å². The van der Waals surface area contributed by atoms with Gasteiger partial charge in [-0.25, -0.2) is 0 Å². The second-order valence-corrected chi connectivity index (χ2v) is 5.01. The smallest absolute Gasteiger partial charge is 0.255 e. The third-order valence-corrected chi connectivity index (χ3v) is 3.32. The average molecular weight is 328 g/mol. The van der Waals surface area contributed by atoms with Gasteiger partial charge in [-0.05, 0) is 24.3 Å². The molecule has 7 nitrogen and oxygen atoms in total. The van der Waals surface area contributed by atoms with Crippen LogP contribution in [0, 0.1) is 0 Å². The van der Waals surface area contributed by atoms with Gasteiger partial charge in [-0.15, -0.1) is 0 Å². The van der Waals surface area contributed by atoms with Crippen LogP contribution < -0.4 is 19.9 Å². The minimum atomic E-state index is -0.542. The topological polar surface area (TPSA) is 96.8 Å². The molecule has 0 unspecified atom stereocenters. The van der Waals surface area contributed by atoms with Crippen molar-refractivity contribution >= 4 is 16.9 Å². The van der Waals surface area contributed by atoms with Gasteiger partial charge in [0.1, 0.15) is 29.5 Å². The number of carbonyl (C=O) groups is 1. The first-order valence-electron chi connectivity index (χ1n) is 7.22. The van der Waals surface area contributed by atoms with Gasteiger partial charge in [-0.1, -0.05) is 11.2 Å². The molecule has 1 aromatic heterocycles. The van der Waals surface area contributed by atoms with Gasteiger partial charge in [0.15, 0.2) is 12.2 Å². The third kappa shape index (κ3) is 3.57. The summed E-state index contributed by atoms with van der Waals surface area (Å²) in [4.78, 5) is 10.7. The Kier molecular flexibility index (Phi) is 4.51. The van der Waals surface area contributed by atoms with Gasteiger partial charge in [0.2, 0.25) is 0 Å². The van der Waals surface area contributed by atoms with Gasteiger partial charge < -0.3 is 24.5 Å². The van der Waals surface area contributed by atoms with Crippen molar-refractivity contribution in [2.75, 3.05) is 13.7 Å². The zero-order chi connectivity index (χ0) is 16.9. The maximum atomic E-state index is 10.7. The molecule has 0 aliphatic carbocycles. The summed E-state index contributed by atoms with van der Waals surface area (Å²) >= 11 is 0. The van der Waals surface area contributed by atoms with Crippen molar-refractivity contribution in [3.8, 4) is 17.2 Å². The Balaban J connectivity index is 1.72. The molecule has 0 bridgehead atoms. The normalized spacial score (nSPS) is 10.5. The zero-order valence-electron chi connectivity index (χ0n) is 13.0. The summed E-state index contributed by atoms with van der Waals surface area (Å²) in [5.41, 5.74) is 6.25. The monoisotopic (exact) mass is 328 g/mol. The van der Waals surface area contributed by atoms with E-state index < -0.39 is 5.91 Å². The van der Waals surface area contributed by atoms with Gasteiger partial charge in [-0.3, -0.25) is 4.79 Å². The van der Waals surface area contributed by atoms with Crippen LogP contribution in [-0.4, -0.2) is 24.8 Å². The Morgan fingerprint density at radius 3 is 2.71 bits per heavy atom. The van der Waals surface area contributed by atoms with Crippen LogP contribution in [0.25, 0.3) is 11.0 Å². The molecule has 0 aliphatic heterocycles. The van der Waals surface area contributed by atoms with Gasteiger partial charge in [0.05, 0.1) is 7.11 Å². The van der Waals surface area contributed by atoms with Crippen molar-refractivity contribution in [1.29, 1.82) is 0 Å². The number of carbonyl (C=O) groups excluding carboxylic acids is 1. The fraction of sp³-hybridized carbons (Fsp3) is 0.176. The summed E-state index contributed by atoms with van der Waals surface area (Å²) < 4.78 is 21.4. The van der Waals surface area contributed by atoms with Crippen LogP contribution in [0.1, 0.15) is 5.69 Å². The lowest BCUT2D eigenvalue weighted by Crippen LogP contribution is -2.19. The number of hydrogen-bond acceptors (Lipinski definition) is 6. The van der Waals surface area contributed by atoms with E-state index in [9.17, 15) is 4.79 Å². The second-order valence-electron chi connectivity index (χ2n) is 5.01. The van der Waals surface area contributed by atoms with E-state index in [-0.39, 0.29) is 13.2 Å². The SMILES string of the molecule is COc1cccc(OCc2noc3cc(OCC(N)=O)ccc23)c1. The van der Waals surface area contributed by atoms with E-state index in [0.29, 0.717) is 28.5 Å². The number of hydrogen-bond donors (Lipinski definition) is 1. The molecule has 7 heteroatoms. The summed E-state index contributed by atoms with van der Waals surface area (Å²) in [5.74, 6) is 1.33. The molecule has 0 atom stereocenters. The summed E-state index contributed by atoms with van der Waals surface area (Å²) in [6.07, 6.45) is 0. The van der Waals surface area contributed by atoms with Gasteiger partial charge in [0, 0.05) is 17.5 Å². The molecule has 24 heavy (non-hydrogen) atoms. The highest BCUT2D eigenvalue weighted by Crippen LogP contribution is 2.25. The third-order valence-electron chi connectivity index (χ3n) is 3.32. The van der Waals surface area contributed by atoms with E-state index in [0.717, 1.165) is 5.39 Å². The molecule has 2 N–H and O–H groups in total. The molecule has 0 saturated heterocycles. The lowest BCUT2D eigenvalue weighted by atomic mass is 10.2. The van der Waals surface area contributed by atoms with Crippen molar-refractivity contribution in [2.24, 2.45) is 5.73 Å². The standard InChI is InChI=1S/C17H16N2O5/c1-21-11-3-2-4-12(7-11)22-9-15-14-6-5-13(23-10-17(18)20)8-16(14)24-19-15/h2-8H,9-10H2,1H3,(H2,18,20). The quantitative estimate of drug-likeness (QED) is 0.714. The fourth-order valence-corrected chi connectivity index (χ4v) is 2.16. The van der Waals surface area contributed by atoms with E-state index >= 15 is 0 Å². The predicted octanol–water partition coefficient (Wildman–Crippen LogP) is 2.28. The fourth-order valence-electron chi connectivity index (χ4n) is 2.16. The van der Waals surface area contributed by atoms with Gasteiger partial charge >= 0.3 is 0 Å². The van der Waals surface area contributed by atoms with Crippen LogP contribution in [0.15, 0.2) is 47.0 Å². The molecule has 124 valence electrons. The average Bonchev–Trinajstić information content (AvgIpc) is 3.00. The van der Waals surface area contributed by atoms with Crippen LogP contribution in [-0.2, 0) is 11.4 Å². The number of nitrogens with zero attached hydrogens (tertiary/aromatic N) is 1. The Bertz CT molecular complexity index is 859. The van der Waals surface area contributed by atoms with Crippen LogP contribution >= 0.6 is 0 Å². The van der Waals surface area contributed by atoms with E-state index in [4.69, 9.17) is 24.5 Å². The number of amides is 1. The summed E-state index contributed by atoms with van der Waals surface area (Å²) in [5, 5.41) is 4.82. The molecule has 0 radical (unpaired) electrons. The van der Waals surface area contributed by atoms with E-state index in [2.05, 4.69) is 5.16 Å². The lowest BCUT2D eigenvalue weighted by Gasteiger charge is -2.06. The number of benzene rings is 2. The minimum Gasteiger partial charge on any atom is -0.497 e. The number of primary amides is 1. The summed E-state index contributed by atoms with van der Waals surface area (Å²) in [7, 11) is 1.60. The molecule has 3 rings (SSSR count). The molecule has 0 saturated carbocycles. The Labute approximate surface area is 137 Å². The highest BCUT2D eigenvalue weighted by Gasteiger charge is 2.11. The van der Waals surface area contributed by atoms with Crippen molar-refractivity contribution in [2.45, 2.75) is 6.61 Å². The molecule has 0 fully saturated rings. The van der Waals surface area contributed by atoms with Crippen LogP contribution in [0.2, 0.25) is 0 Å². The van der Waals surface area contributed by atoms with Crippen molar-refractivity contribution < 1.29 is 23.5 Å². The maximum absolute atomic E-state index is 10.7. The van der Waals surface area contributed by atoms with Crippen LogP contribution in [0.5, 0.6) is 17.2 Å². The second kappa shape index (κ2) is 6.91. The molecule has 2 aromatic carbocycles. The molecule has 1 heterocycles. The highest BCUT2D eigenvalue weighted by atomic mass is 16.5. The summed E-state index contributed by atoms with van der Waals surface area (Å²) in [6, 6.07) is 12.5. The molecule has 0 aliphatic rings. The first-order valence-corrected chi connectivity index (χ1v) is 7.22. The zero-order valence-corrected chi connectivity index (χ0v) is 13.0. The van der Waals surface area contributed by atoms with Crippen molar-refractivity contribution in [3.63, 3.8) is 0 Å². The van der Waals surface area contributed by atoms with Crippen molar-refractivity contribution in [1.82, 2.24) is 5.16 Å². The lowest BCUT2D eigenvalue weighted by molar-refractivity contribution is -0.119. The van der Waals surface area contributed by atoms with Gasteiger partial charge in [0.25, 0.3) is 5.91 Å². The number of nitrogens with two attached hydrogens (primary N) is 1. The minimum absolute atomic E-state index is 0.189. The van der Waals surface area contributed by atoms with Crippen LogP contribution in [0.3, 0.4) is 0 Å². The van der Waals surface area contributed by atoms with Crippen molar-refractivity contribution in [3.05, 3.63) is 48.2 Å². The molecular formula is C17H16N2O5. The highest BCUT2D eigenvalue weighted by molar-refractivity contribution is 5.81. The first kappa shape index (κ1) is 15.7. The summed E-state index contributed by atoms with van der Waals surface area (Å²) in [6.45, 7) is 0.0626. The molecule has 3 aromatic rings. The molecule has 1 amide bonds. The predicted molar refractivity (Wildman–Crippen MR) is 86.0 cm³/mol. The number of methoxy groups -OCH3 is 1. The largest absolute Gasteiger partial charge is 0.497 e. The number of ether oxygens (including phenoxy) is 3.